The van der Waals surface area contributed by atoms with Crippen LogP contribution in [-0.4, -0.2) is 36.6 Å². The molecular weight excluding hydrogens is 222 g/mol. The molecule has 0 radical (unpaired) electrons. The number of nitrogens with zero attached hydrogens (tertiary/aromatic N) is 2. The van der Waals surface area contributed by atoms with Crippen molar-refractivity contribution >= 4 is 0 Å². The van der Waals surface area contributed by atoms with Crippen LogP contribution in [0.25, 0.3) is 0 Å². The minimum absolute atomic E-state index is 0.292. The first-order valence-electron chi connectivity index (χ1n) is 7.45. The summed E-state index contributed by atoms with van der Waals surface area (Å²) in [4.78, 5) is 2.57. The fraction of sp³-hybridized carbons (Fsp3) is 0.933. The number of hydrogen-bond acceptors (Lipinski definition) is 3. The van der Waals surface area contributed by atoms with Gasteiger partial charge < -0.3 is 5.32 Å². The van der Waals surface area contributed by atoms with Crippen LogP contribution in [0.3, 0.4) is 0 Å². The van der Waals surface area contributed by atoms with Gasteiger partial charge in [-0.25, -0.2) is 0 Å². The molecule has 2 fully saturated rings. The molecule has 2 rings (SSSR count). The second-order valence-electron chi connectivity index (χ2n) is 6.49. The third kappa shape index (κ3) is 3.24. The van der Waals surface area contributed by atoms with E-state index in [0.29, 0.717) is 5.92 Å². The fourth-order valence-electron chi connectivity index (χ4n) is 2.75. The van der Waals surface area contributed by atoms with Crippen molar-refractivity contribution in [3.05, 3.63) is 0 Å². The zero-order valence-corrected chi connectivity index (χ0v) is 12.1. The van der Waals surface area contributed by atoms with Crippen molar-refractivity contribution in [2.24, 2.45) is 11.8 Å². The molecule has 2 aliphatic rings. The molecule has 102 valence electrons. The second kappa shape index (κ2) is 5.59. The standard InChI is InChI=1S/C15H27N3/c1-12(2)8-9-18(14-6-7-14)11-15(10-16,17-3)13-4-5-13/h12-14,17H,4-9,11H2,1-3H3. The van der Waals surface area contributed by atoms with Gasteiger partial charge in [0, 0.05) is 12.6 Å². The van der Waals surface area contributed by atoms with Crippen LogP contribution < -0.4 is 5.32 Å². The Balaban J connectivity index is 1.96. The van der Waals surface area contributed by atoms with E-state index in [-0.39, 0.29) is 5.54 Å². The van der Waals surface area contributed by atoms with Gasteiger partial charge in [-0.2, -0.15) is 5.26 Å². The molecule has 2 saturated carbocycles. The lowest BCUT2D eigenvalue weighted by atomic mass is 9.94. The first-order chi connectivity index (χ1) is 8.61. The molecule has 1 atom stereocenters. The van der Waals surface area contributed by atoms with Crippen molar-refractivity contribution < 1.29 is 0 Å². The largest absolute Gasteiger partial charge is 0.301 e. The molecule has 3 heteroatoms. The topological polar surface area (TPSA) is 39.1 Å². The van der Waals surface area contributed by atoms with Gasteiger partial charge in [-0.1, -0.05) is 13.8 Å². The van der Waals surface area contributed by atoms with E-state index in [0.717, 1.165) is 25.0 Å². The van der Waals surface area contributed by atoms with Gasteiger partial charge in [-0.3, -0.25) is 4.90 Å². The van der Waals surface area contributed by atoms with Crippen molar-refractivity contribution in [1.82, 2.24) is 10.2 Å². The van der Waals surface area contributed by atoms with Crippen LogP contribution in [0.2, 0.25) is 0 Å². The highest BCUT2D eigenvalue weighted by Gasteiger charge is 2.47. The number of rotatable bonds is 8. The normalized spacial score (nSPS) is 23.1. The van der Waals surface area contributed by atoms with E-state index >= 15 is 0 Å². The van der Waals surface area contributed by atoms with Crippen molar-refractivity contribution in [3.8, 4) is 6.07 Å². The van der Waals surface area contributed by atoms with Gasteiger partial charge in [0.1, 0.15) is 5.54 Å². The quantitative estimate of drug-likeness (QED) is 0.718. The van der Waals surface area contributed by atoms with E-state index in [1.165, 1.54) is 32.1 Å². The average molecular weight is 249 g/mol. The summed E-state index contributed by atoms with van der Waals surface area (Å²) in [6.45, 7) is 6.63. The Bertz CT molecular complexity index is 312. The maximum atomic E-state index is 9.58. The SMILES string of the molecule is CNC(C#N)(CN(CCC(C)C)C1CC1)C1CC1. The summed E-state index contributed by atoms with van der Waals surface area (Å²) in [5.74, 6) is 1.33. The molecule has 18 heavy (non-hydrogen) atoms. The van der Waals surface area contributed by atoms with Crippen molar-refractivity contribution in [2.45, 2.75) is 57.5 Å². The fourth-order valence-corrected chi connectivity index (χ4v) is 2.75. The monoisotopic (exact) mass is 249 g/mol. The Labute approximate surface area is 112 Å². The van der Waals surface area contributed by atoms with Gasteiger partial charge in [0.25, 0.3) is 0 Å². The molecule has 0 aromatic rings. The molecule has 0 saturated heterocycles. The van der Waals surface area contributed by atoms with E-state index in [4.69, 9.17) is 0 Å². The highest BCUT2D eigenvalue weighted by Crippen LogP contribution is 2.41. The van der Waals surface area contributed by atoms with E-state index in [1.807, 2.05) is 7.05 Å². The summed E-state index contributed by atoms with van der Waals surface area (Å²) in [5.41, 5.74) is -0.292. The van der Waals surface area contributed by atoms with Crippen LogP contribution in [0.5, 0.6) is 0 Å². The maximum absolute atomic E-state index is 9.58. The van der Waals surface area contributed by atoms with Crippen LogP contribution in [0.4, 0.5) is 0 Å². The van der Waals surface area contributed by atoms with E-state index in [2.05, 4.69) is 30.1 Å². The van der Waals surface area contributed by atoms with Gasteiger partial charge in [0.05, 0.1) is 6.07 Å². The minimum Gasteiger partial charge on any atom is -0.301 e. The molecule has 3 nitrogen and oxygen atoms in total. The minimum atomic E-state index is -0.292. The van der Waals surface area contributed by atoms with Crippen molar-refractivity contribution in [2.75, 3.05) is 20.1 Å². The van der Waals surface area contributed by atoms with E-state index < -0.39 is 0 Å². The molecule has 1 N–H and O–H groups in total. The lowest BCUT2D eigenvalue weighted by Crippen LogP contribution is -2.53. The zero-order chi connectivity index (χ0) is 13.2. The zero-order valence-electron chi connectivity index (χ0n) is 12.1. The molecule has 0 aromatic carbocycles. The Morgan fingerprint density at radius 1 is 1.33 bits per heavy atom. The van der Waals surface area contributed by atoms with E-state index in [9.17, 15) is 5.26 Å². The number of hydrogen-bond donors (Lipinski definition) is 1. The van der Waals surface area contributed by atoms with Gasteiger partial charge in [0.15, 0.2) is 0 Å². The molecule has 0 aliphatic heterocycles. The molecule has 0 spiro atoms. The van der Waals surface area contributed by atoms with Crippen LogP contribution in [0.15, 0.2) is 0 Å². The number of likely N-dealkylation sites (N-methyl/N-ethyl adjacent to an activating group) is 1. The van der Waals surface area contributed by atoms with Crippen molar-refractivity contribution in [1.29, 1.82) is 5.26 Å². The summed E-state index contributed by atoms with van der Waals surface area (Å²) < 4.78 is 0. The number of nitriles is 1. The van der Waals surface area contributed by atoms with Crippen LogP contribution in [-0.2, 0) is 0 Å². The lowest BCUT2D eigenvalue weighted by Gasteiger charge is -2.34. The Hall–Kier alpha value is -0.590. The van der Waals surface area contributed by atoms with Gasteiger partial charge in [0.2, 0.25) is 0 Å². The summed E-state index contributed by atoms with van der Waals surface area (Å²) in [7, 11) is 1.95. The molecule has 0 heterocycles. The smallest absolute Gasteiger partial charge is 0.122 e. The van der Waals surface area contributed by atoms with E-state index in [1.54, 1.807) is 0 Å². The Morgan fingerprint density at radius 2 is 2.00 bits per heavy atom. The highest BCUT2D eigenvalue weighted by atomic mass is 15.2. The first kappa shape index (κ1) is 13.8. The maximum Gasteiger partial charge on any atom is 0.122 e. The molecule has 0 bridgehead atoms. The van der Waals surface area contributed by atoms with Gasteiger partial charge in [-0.15, -0.1) is 0 Å². The summed E-state index contributed by atoms with van der Waals surface area (Å²) >= 11 is 0. The van der Waals surface area contributed by atoms with Crippen LogP contribution in [0, 0.1) is 23.2 Å². The third-order valence-corrected chi connectivity index (χ3v) is 4.43. The molecule has 0 aromatic heterocycles. The Kier molecular flexibility index (Phi) is 4.29. The summed E-state index contributed by atoms with van der Waals surface area (Å²) in [6.07, 6.45) is 6.34. The van der Waals surface area contributed by atoms with Gasteiger partial charge in [-0.05, 0) is 57.5 Å². The second-order valence-corrected chi connectivity index (χ2v) is 6.49. The molecule has 0 amide bonds. The predicted molar refractivity (Wildman–Crippen MR) is 74.2 cm³/mol. The van der Waals surface area contributed by atoms with Crippen molar-refractivity contribution in [3.63, 3.8) is 0 Å². The third-order valence-electron chi connectivity index (χ3n) is 4.43. The highest BCUT2D eigenvalue weighted by molar-refractivity contribution is 5.16. The number of nitrogens with one attached hydrogen (secondary N) is 1. The molecule has 2 aliphatic carbocycles. The summed E-state index contributed by atoms with van der Waals surface area (Å²) in [5, 5.41) is 12.9. The van der Waals surface area contributed by atoms with Gasteiger partial charge >= 0.3 is 0 Å². The summed E-state index contributed by atoms with van der Waals surface area (Å²) in [6, 6.07) is 3.33. The predicted octanol–water partition coefficient (Wildman–Crippen LogP) is 2.39. The first-order valence-corrected chi connectivity index (χ1v) is 7.45. The van der Waals surface area contributed by atoms with Crippen LogP contribution in [0.1, 0.15) is 46.0 Å². The van der Waals surface area contributed by atoms with Crippen LogP contribution >= 0.6 is 0 Å². The Morgan fingerprint density at radius 3 is 2.39 bits per heavy atom. The lowest BCUT2D eigenvalue weighted by molar-refractivity contribution is 0.185. The molecule has 1 unspecified atom stereocenters. The molecular formula is C15H27N3. The average Bonchev–Trinajstić information content (AvgIpc) is 3.18.